The lowest BCUT2D eigenvalue weighted by Gasteiger charge is -2.28. The quantitative estimate of drug-likeness (QED) is 0.859. The second-order valence-corrected chi connectivity index (χ2v) is 6.76. The summed E-state index contributed by atoms with van der Waals surface area (Å²) in [5.74, 6) is 0.160. The number of nitrogens with one attached hydrogen (secondary N) is 1. The molecule has 1 N–H and O–H groups in total. The Hall–Kier alpha value is -1.59. The van der Waals surface area contributed by atoms with Crippen LogP contribution in [0, 0.1) is 6.92 Å². The molecule has 4 nitrogen and oxygen atoms in total. The summed E-state index contributed by atoms with van der Waals surface area (Å²) in [6.45, 7) is 4.84. The van der Waals surface area contributed by atoms with Gasteiger partial charge in [0.15, 0.2) is 10.4 Å². The summed E-state index contributed by atoms with van der Waals surface area (Å²) in [5.41, 5.74) is 2.50. The first kappa shape index (κ1) is 16.3. The van der Waals surface area contributed by atoms with Crippen LogP contribution in [-0.4, -0.2) is 30.4 Å². The number of amides is 1. The third-order valence-corrected chi connectivity index (χ3v) is 4.72. The maximum atomic E-state index is 12.2. The average molecular weight is 377 g/mol. The van der Waals surface area contributed by atoms with Crippen LogP contribution >= 0.6 is 15.9 Å². The highest BCUT2D eigenvalue weighted by Crippen LogP contribution is 2.25. The molecule has 1 aliphatic heterocycles. The number of furan rings is 1. The minimum Gasteiger partial charge on any atom is -0.444 e. The number of rotatable bonds is 5. The number of hydrogen-bond acceptors (Lipinski definition) is 3. The molecular formula is C18H21BrN2O2. The summed E-state index contributed by atoms with van der Waals surface area (Å²) in [4.78, 5) is 14.7. The van der Waals surface area contributed by atoms with Gasteiger partial charge in [-0.25, -0.2) is 0 Å². The summed E-state index contributed by atoms with van der Waals surface area (Å²) in [5, 5.41) is 3.01. The highest BCUT2D eigenvalue weighted by atomic mass is 79.9. The molecule has 3 rings (SSSR count). The molecule has 5 heteroatoms. The van der Waals surface area contributed by atoms with Crippen LogP contribution in [0.3, 0.4) is 0 Å². The Balaban J connectivity index is 1.71. The summed E-state index contributed by atoms with van der Waals surface area (Å²) in [6.07, 6.45) is 2.45. The second kappa shape index (κ2) is 7.32. The average Bonchev–Trinajstić information content (AvgIpc) is 3.21. The first-order chi connectivity index (χ1) is 11.1. The molecule has 2 heterocycles. The molecule has 2 aromatic rings. The molecule has 1 aromatic carbocycles. The van der Waals surface area contributed by atoms with E-state index in [4.69, 9.17) is 4.42 Å². The molecule has 1 saturated heterocycles. The second-order valence-electron chi connectivity index (χ2n) is 5.98. The smallest absolute Gasteiger partial charge is 0.287 e. The molecule has 1 amide bonds. The highest BCUT2D eigenvalue weighted by Gasteiger charge is 2.24. The van der Waals surface area contributed by atoms with Crippen LogP contribution in [-0.2, 0) is 0 Å². The molecule has 0 unspecified atom stereocenters. The molecule has 1 fully saturated rings. The van der Waals surface area contributed by atoms with E-state index in [1.54, 1.807) is 12.1 Å². The van der Waals surface area contributed by atoms with Crippen molar-refractivity contribution in [3.05, 3.63) is 58.0 Å². The zero-order chi connectivity index (χ0) is 16.2. The van der Waals surface area contributed by atoms with E-state index < -0.39 is 0 Å². The van der Waals surface area contributed by atoms with Gasteiger partial charge in [0.2, 0.25) is 0 Å². The fraction of sp³-hybridized carbons (Fsp3) is 0.389. The molecule has 0 aliphatic carbocycles. The number of carbonyl (C=O) groups excluding carboxylic acids is 1. The Morgan fingerprint density at radius 2 is 1.91 bits per heavy atom. The van der Waals surface area contributed by atoms with Gasteiger partial charge in [0.05, 0.1) is 6.04 Å². The van der Waals surface area contributed by atoms with Crippen molar-refractivity contribution in [2.24, 2.45) is 0 Å². The first-order valence-electron chi connectivity index (χ1n) is 7.97. The lowest BCUT2D eigenvalue weighted by Crippen LogP contribution is -2.36. The topological polar surface area (TPSA) is 45.5 Å². The monoisotopic (exact) mass is 376 g/mol. The predicted octanol–water partition coefficient (Wildman–Crippen LogP) is 3.92. The normalized spacial score (nSPS) is 16.4. The molecule has 0 radical (unpaired) electrons. The summed E-state index contributed by atoms with van der Waals surface area (Å²) in [6, 6.07) is 12.2. The SMILES string of the molecule is Cc1ccc([C@@H](CNC(=O)c2ccc(Br)o2)N2CCCC2)cc1. The summed E-state index contributed by atoms with van der Waals surface area (Å²) >= 11 is 3.22. The van der Waals surface area contributed by atoms with Gasteiger partial charge in [-0.3, -0.25) is 9.69 Å². The molecule has 23 heavy (non-hydrogen) atoms. The van der Waals surface area contributed by atoms with E-state index in [1.807, 2.05) is 0 Å². The van der Waals surface area contributed by atoms with E-state index in [0.29, 0.717) is 17.0 Å². The van der Waals surface area contributed by atoms with Crippen molar-refractivity contribution in [3.8, 4) is 0 Å². The zero-order valence-electron chi connectivity index (χ0n) is 13.2. The predicted molar refractivity (Wildman–Crippen MR) is 93.5 cm³/mol. The Bertz CT molecular complexity index is 660. The Kier molecular flexibility index (Phi) is 5.18. The van der Waals surface area contributed by atoms with E-state index in [-0.39, 0.29) is 11.9 Å². The van der Waals surface area contributed by atoms with Gasteiger partial charge in [0.1, 0.15) is 0 Å². The fourth-order valence-electron chi connectivity index (χ4n) is 3.01. The van der Waals surface area contributed by atoms with Crippen molar-refractivity contribution >= 4 is 21.8 Å². The van der Waals surface area contributed by atoms with Crippen LogP contribution in [0.15, 0.2) is 45.5 Å². The lowest BCUT2D eigenvalue weighted by molar-refractivity contribution is 0.0909. The number of benzene rings is 1. The zero-order valence-corrected chi connectivity index (χ0v) is 14.8. The number of nitrogens with zero attached hydrogens (tertiary/aromatic N) is 1. The third kappa shape index (κ3) is 4.03. The van der Waals surface area contributed by atoms with Gasteiger partial charge >= 0.3 is 0 Å². The van der Waals surface area contributed by atoms with Crippen molar-refractivity contribution in [2.45, 2.75) is 25.8 Å². The van der Waals surface area contributed by atoms with Crippen LogP contribution < -0.4 is 5.32 Å². The number of halogens is 1. The van der Waals surface area contributed by atoms with Crippen LogP contribution in [0.25, 0.3) is 0 Å². The van der Waals surface area contributed by atoms with Crippen molar-refractivity contribution in [1.82, 2.24) is 10.2 Å². The van der Waals surface area contributed by atoms with E-state index in [2.05, 4.69) is 57.3 Å². The number of likely N-dealkylation sites (tertiary alicyclic amines) is 1. The van der Waals surface area contributed by atoms with Gasteiger partial charge in [-0.05, 0) is 66.5 Å². The Morgan fingerprint density at radius 1 is 1.22 bits per heavy atom. The van der Waals surface area contributed by atoms with Crippen molar-refractivity contribution in [2.75, 3.05) is 19.6 Å². The lowest BCUT2D eigenvalue weighted by atomic mass is 10.0. The molecule has 0 bridgehead atoms. The van der Waals surface area contributed by atoms with E-state index in [1.165, 1.54) is 24.0 Å². The highest BCUT2D eigenvalue weighted by molar-refractivity contribution is 9.10. The van der Waals surface area contributed by atoms with Gasteiger partial charge in [-0.2, -0.15) is 0 Å². The van der Waals surface area contributed by atoms with Crippen LogP contribution in [0.2, 0.25) is 0 Å². The van der Waals surface area contributed by atoms with E-state index in [9.17, 15) is 4.79 Å². The Morgan fingerprint density at radius 3 is 2.52 bits per heavy atom. The molecule has 122 valence electrons. The molecule has 0 saturated carbocycles. The number of hydrogen-bond donors (Lipinski definition) is 1. The van der Waals surface area contributed by atoms with Gasteiger partial charge < -0.3 is 9.73 Å². The van der Waals surface area contributed by atoms with Crippen LogP contribution in [0.5, 0.6) is 0 Å². The minimum atomic E-state index is -0.174. The molecule has 1 aromatic heterocycles. The maximum absolute atomic E-state index is 12.2. The number of aryl methyl sites for hydroxylation is 1. The summed E-state index contributed by atoms with van der Waals surface area (Å²) in [7, 11) is 0. The van der Waals surface area contributed by atoms with Crippen LogP contribution in [0.4, 0.5) is 0 Å². The first-order valence-corrected chi connectivity index (χ1v) is 8.77. The molecule has 0 spiro atoms. The minimum absolute atomic E-state index is 0.174. The summed E-state index contributed by atoms with van der Waals surface area (Å²) < 4.78 is 5.88. The molecule has 1 atom stereocenters. The number of carbonyl (C=O) groups is 1. The van der Waals surface area contributed by atoms with Gasteiger partial charge in [0.25, 0.3) is 5.91 Å². The van der Waals surface area contributed by atoms with Crippen molar-refractivity contribution in [3.63, 3.8) is 0 Å². The largest absolute Gasteiger partial charge is 0.444 e. The maximum Gasteiger partial charge on any atom is 0.287 e. The Labute approximate surface area is 145 Å². The van der Waals surface area contributed by atoms with Crippen molar-refractivity contribution in [1.29, 1.82) is 0 Å². The van der Waals surface area contributed by atoms with E-state index >= 15 is 0 Å². The van der Waals surface area contributed by atoms with Gasteiger partial charge in [-0.15, -0.1) is 0 Å². The standard InChI is InChI=1S/C18H21BrN2O2/c1-13-4-6-14(7-5-13)15(21-10-2-3-11-21)12-20-18(22)16-8-9-17(19)23-16/h4-9,15H,2-3,10-12H2,1H3,(H,20,22)/t15-/m1/s1. The third-order valence-electron chi connectivity index (χ3n) is 4.30. The molecule has 1 aliphatic rings. The van der Waals surface area contributed by atoms with Gasteiger partial charge in [-0.1, -0.05) is 29.8 Å². The van der Waals surface area contributed by atoms with Crippen LogP contribution in [0.1, 0.15) is 40.6 Å². The van der Waals surface area contributed by atoms with E-state index in [0.717, 1.165) is 13.1 Å². The van der Waals surface area contributed by atoms with Gasteiger partial charge in [0, 0.05) is 6.54 Å². The fourth-order valence-corrected chi connectivity index (χ4v) is 3.32. The molecular weight excluding hydrogens is 356 g/mol. The van der Waals surface area contributed by atoms with Crippen molar-refractivity contribution < 1.29 is 9.21 Å².